The maximum atomic E-state index is 6.35. The van der Waals surface area contributed by atoms with Gasteiger partial charge in [-0.1, -0.05) is 152 Å². The standard InChI is InChI=1S/C43H27N3O/c1-3-13-30(14-4-1)41-44-42(31-15-5-2-6-16-31)46-43(45-41)36-21-10-7-17-32(36)28-23-25-29(26-24-28)37-27-38-34-19-11-12-22-39(34)47-40(38)35-20-9-8-18-33(35)37/h1-27H. The van der Waals surface area contributed by atoms with Gasteiger partial charge in [0.15, 0.2) is 17.5 Å². The molecule has 0 unspecified atom stereocenters. The Hall–Kier alpha value is -6.39. The van der Waals surface area contributed by atoms with Crippen molar-refractivity contribution in [3.05, 3.63) is 164 Å². The van der Waals surface area contributed by atoms with Gasteiger partial charge < -0.3 is 4.42 Å². The minimum absolute atomic E-state index is 0.640. The number of benzene rings is 7. The van der Waals surface area contributed by atoms with E-state index in [9.17, 15) is 0 Å². The van der Waals surface area contributed by atoms with Crippen LogP contribution in [-0.4, -0.2) is 15.0 Å². The molecule has 0 atom stereocenters. The summed E-state index contributed by atoms with van der Waals surface area (Å²) in [6, 6.07) is 56.3. The zero-order valence-corrected chi connectivity index (χ0v) is 25.3. The van der Waals surface area contributed by atoms with Gasteiger partial charge in [0.1, 0.15) is 11.2 Å². The SMILES string of the molecule is c1ccc(-c2nc(-c3ccccc3)nc(-c3ccccc3-c3ccc(-c4cc5c6ccccc6oc5c5ccccc45)cc3)n2)cc1. The fourth-order valence-corrected chi connectivity index (χ4v) is 6.47. The highest BCUT2D eigenvalue weighted by Gasteiger charge is 2.17. The number of rotatable bonds is 5. The summed E-state index contributed by atoms with van der Waals surface area (Å²) >= 11 is 0. The zero-order valence-electron chi connectivity index (χ0n) is 25.3. The lowest BCUT2D eigenvalue weighted by atomic mass is 9.93. The maximum Gasteiger partial charge on any atom is 0.164 e. The summed E-state index contributed by atoms with van der Waals surface area (Å²) in [7, 11) is 0. The molecule has 4 heteroatoms. The molecule has 0 radical (unpaired) electrons. The van der Waals surface area contributed by atoms with Crippen molar-refractivity contribution in [3.63, 3.8) is 0 Å². The Labute approximate surface area is 271 Å². The molecule has 2 aromatic heterocycles. The van der Waals surface area contributed by atoms with Crippen molar-refractivity contribution in [1.29, 1.82) is 0 Å². The predicted molar refractivity (Wildman–Crippen MR) is 192 cm³/mol. The van der Waals surface area contributed by atoms with E-state index in [2.05, 4.69) is 84.9 Å². The van der Waals surface area contributed by atoms with E-state index in [4.69, 9.17) is 19.4 Å². The molecule has 0 saturated carbocycles. The Bertz CT molecular complexity index is 2500. The van der Waals surface area contributed by atoms with Gasteiger partial charge in [0, 0.05) is 32.8 Å². The highest BCUT2D eigenvalue weighted by atomic mass is 16.3. The number of hydrogen-bond donors (Lipinski definition) is 0. The van der Waals surface area contributed by atoms with Crippen LogP contribution >= 0.6 is 0 Å². The van der Waals surface area contributed by atoms with E-state index in [1.807, 2.05) is 78.9 Å². The summed E-state index contributed by atoms with van der Waals surface area (Å²) in [5.74, 6) is 1.93. The first-order chi connectivity index (χ1) is 23.3. The molecule has 0 aliphatic carbocycles. The van der Waals surface area contributed by atoms with E-state index in [0.29, 0.717) is 17.5 Å². The van der Waals surface area contributed by atoms with Gasteiger partial charge >= 0.3 is 0 Å². The normalized spacial score (nSPS) is 11.4. The van der Waals surface area contributed by atoms with Crippen molar-refractivity contribution in [2.45, 2.75) is 0 Å². The van der Waals surface area contributed by atoms with Crippen LogP contribution in [0.5, 0.6) is 0 Å². The second kappa shape index (κ2) is 11.2. The highest BCUT2D eigenvalue weighted by molar-refractivity contribution is 6.19. The summed E-state index contributed by atoms with van der Waals surface area (Å²) in [5.41, 5.74) is 9.16. The second-order valence-corrected chi connectivity index (χ2v) is 11.6. The molecule has 0 spiro atoms. The molecule has 0 bridgehead atoms. The molecule has 9 aromatic rings. The number of hydrogen-bond acceptors (Lipinski definition) is 4. The van der Waals surface area contributed by atoms with Gasteiger partial charge in [-0.2, -0.15) is 0 Å². The van der Waals surface area contributed by atoms with Crippen molar-refractivity contribution in [1.82, 2.24) is 15.0 Å². The average Bonchev–Trinajstić information content (AvgIpc) is 3.54. The molecule has 0 N–H and O–H groups in total. The van der Waals surface area contributed by atoms with Crippen LogP contribution in [0.4, 0.5) is 0 Å². The van der Waals surface area contributed by atoms with E-state index in [1.165, 1.54) is 10.9 Å². The predicted octanol–water partition coefficient (Wildman–Crippen LogP) is 11.3. The largest absolute Gasteiger partial charge is 0.455 e. The molecular formula is C43H27N3O. The molecule has 220 valence electrons. The molecule has 0 aliphatic heterocycles. The molecule has 4 nitrogen and oxygen atoms in total. The Morgan fingerprint density at radius 3 is 1.47 bits per heavy atom. The molecule has 0 fully saturated rings. The summed E-state index contributed by atoms with van der Waals surface area (Å²) < 4.78 is 6.35. The Morgan fingerprint density at radius 2 is 0.809 bits per heavy atom. The third-order valence-corrected chi connectivity index (χ3v) is 8.76. The van der Waals surface area contributed by atoms with E-state index < -0.39 is 0 Å². The molecule has 9 rings (SSSR count). The van der Waals surface area contributed by atoms with E-state index >= 15 is 0 Å². The third kappa shape index (κ3) is 4.75. The van der Waals surface area contributed by atoms with E-state index in [1.54, 1.807) is 0 Å². The van der Waals surface area contributed by atoms with Gasteiger partial charge in [0.2, 0.25) is 0 Å². The van der Waals surface area contributed by atoms with Gasteiger partial charge in [0.05, 0.1) is 0 Å². The quantitative estimate of drug-likeness (QED) is 0.197. The highest BCUT2D eigenvalue weighted by Crippen LogP contribution is 2.40. The lowest BCUT2D eigenvalue weighted by molar-refractivity contribution is 0.672. The first kappa shape index (κ1) is 27.0. The van der Waals surface area contributed by atoms with Gasteiger partial charge in [-0.25, -0.2) is 15.0 Å². The van der Waals surface area contributed by atoms with E-state index in [-0.39, 0.29) is 0 Å². The van der Waals surface area contributed by atoms with Crippen LogP contribution in [0.1, 0.15) is 0 Å². The fourth-order valence-electron chi connectivity index (χ4n) is 6.47. The summed E-state index contributed by atoms with van der Waals surface area (Å²) in [6.07, 6.45) is 0. The molecule has 47 heavy (non-hydrogen) atoms. The van der Waals surface area contributed by atoms with Crippen molar-refractivity contribution in [2.24, 2.45) is 0 Å². The third-order valence-electron chi connectivity index (χ3n) is 8.76. The van der Waals surface area contributed by atoms with Crippen LogP contribution in [0, 0.1) is 0 Å². The average molecular weight is 602 g/mol. The molecule has 0 amide bonds. The van der Waals surface area contributed by atoms with Crippen molar-refractivity contribution in [3.8, 4) is 56.4 Å². The summed E-state index contributed by atoms with van der Waals surface area (Å²) in [4.78, 5) is 14.9. The van der Waals surface area contributed by atoms with Crippen LogP contribution in [0.15, 0.2) is 168 Å². The van der Waals surface area contributed by atoms with Crippen LogP contribution in [-0.2, 0) is 0 Å². The van der Waals surface area contributed by atoms with Gasteiger partial charge in [-0.15, -0.1) is 0 Å². The van der Waals surface area contributed by atoms with Crippen LogP contribution in [0.3, 0.4) is 0 Å². The first-order valence-electron chi connectivity index (χ1n) is 15.7. The Kier molecular flexibility index (Phi) is 6.43. The summed E-state index contributed by atoms with van der Waals surface area (Å²) in [6.45, 7) is 0. The molecule has 0 saturated heterocycles. The zero-order chi connectivity index (χ0) is 31.2. The lowest BCUT2D eigenvalue weighted by Crippen LogP contribution is -2.01. The van der Waals surface area contributed by atoms with Crippen LogP contribution < -0.4 is 0 Å². The number of fused-ring (bicyclic) bond motifs is 5. The maximum absolute atomic E-state index is 6.35. The lowest BCUT2D eigenvalue weighted by Gasteiger charge is -2.13. The Morgan fingerprint density at radius 1 is 0.319 bits per heavy atom. The number of nitrogens with zero attached hydrogens (tertiary/aromatic N) is 3. The van der Waals surface area contributed by atoms with Crippen molar-refractivity contribution >= 4 is 32.7 Å². The first-order valence-corrected chi connectivity index (χ1v) is 15.7. The minimum atomic E-state index is 0.640. The molecule has 0 aliphatic rings. The minimum Gasteiger partial charge on any atom is -0.455 e. The second-order valence-electron chi connectivity index (χ2n) is 11.6. The summed E-state index contributed by atoms with van der Waals surface area (Å²) in [5, 5.41) is 4.53. The molecule has 7 aromatic carbocycles. The number of para-hydroxylation sites is 1. The van der Waals surface area contributed by atoms with Gasteiger partial charge in [0.25, 0.3) is 0 Å². The van der Waals surface area contributed by atoms with Crippen molar-refractivity contribution in [2.75, 3.05) is 0 Å². The fraction of sp³-hybridized carbons (Fsp3) is 0. The van der Waals surface area contributed by atoms with Gasteiger partial charge in [-0.3, -0.25) is 0 Å². The number of aromatic nitrogens is 3. The van der Waals surface area contributed by atoms with Gasteiger partial charge in [-0.05, 0) is 39.8 Å². The monoisotopic (exact) mass is 601 g/mol. The molecule has 2 heterocycles. The topological polar surface area (TPSA) is 51.8 Å². The van der Waals surface area contributed by atoms with Crippen LogP contribution in [0.25, 0.3) is 89.1 Å². The van der Waals surface area contributed by atoms with E-state index in [0.717, 1.165) is 60.7 Å². The smallest absolute Gasteiger partial charge is 0.164 e. The Balaban J connectivity index is 1.17. The van der Waals surface area contributed by atoms with Crippen molar-refractivity contribution < 1.29 is 4.42 Å². The number of furan rings is 1. The van der Waals surface area contributed by atoms with Crippen LogP contribution in [0.2, 0.25) is 0 Å². The molecular weight excluding hydrogens is 574 g/mol.